The molecule has 1 aromatic heterocycles. The van der Waals surface area contributed by atoms with Crippen molar-refractivity contribution in [3.05, 3.63) is 101 Å². The van der Waals surface area contributed by atoms with Crippen LogP contribution in [-0.2, 0) is 11.3 Å². The Labute approximate surface area is 171 Å². The number of rotatable bonds is 5. The Kier molecular flexibility index (Phi) is 5.01. The second-order valence-electron chi connectivity index (χ2n) is 7.86. The maximum absolute atomic E-state index is 13.0. The van der Waals surface area contributed by atoms with Crippen LogP contribution >= 0.6 is 0 Å². The molecule has 4 nitrogen and oxygen atoms in total. The zero-order chi connectivity index (χ0) is 20.5. The van der Waals surface area contributed by atoms with Crippen molar-refractivity contribution in [2.45, 2.75) is 39.3 Å². The van der Waals surface area contributed by atoms with Crippen LogP contribution in [0.5, 0.6) is 0 Å². The van der Waals surface area contributed by atoms with Crippen LogP contribution in [0, 0.1) is 6.92 Å². The quantitative estimate of drug-likeness (QED) is 0.605. The van der Waals surface area contributed by atoms with Crippen LogP contribution in [0.15, 0.2) is 77.1 Å². The highest BCUT2D eigenvalue weighted by atomic mass is 16.3. The molecule has 2 aromatic carbocycles. The van der Waals surface area contributed by atoms with E-state index in [0.29, 0.717) is 23.8 Å². The van der Waals surface area contributed by atoms with Gasteiger partial charge in [-0.05, 0) is 41.7 Å². The summed E-state index contributed by atoms with van der Waals surface area (Å²) >= 11 is 0. The van der Waals surface area contributed by atoms with E-state index in [0.717, 1.165) is 16.7 Å². The average Bonchev–Trinajstić information content (AvgIpc) is 3.31. The second-order valence-corrected chi connectivity index (χ2v) is 7.86. The molecule has 1 N–H and O–H groups in total. The first-order valence-corrected chi connectivity index (χ1v) is 9.89. The topological polar surface area (TPSA) is 53.7 Å². The second kappa shape index (κ2) is 7.63. The van der Waals surface area contributed by atoms with E-state index in [4.69, 9.17) is 4.42 Å². The fraction of sp³-hybridized carbons (Fsp3) is 0.240. The molecule has 29 heavy (non-hydrogen) atoms. The Balaban J connectivity index is 1.80. The van der Waals surface area contributed by atoms with Crippen molar-refractivity contribution in [1.82, 2.24) is 4.90 Å². The van der Waals surface area contributed by atoms with Crippen LogP contribution in [0.4, 0.5) is 0 Å². The van der Waals surface area contributed by atoms with Crippen LogP contribution in [0.1, 0.15) is 53.8 Å². The van der Waals surface area contributed by atoms with Gasteiger partial charge in [0, 0.05) is 5.57 Å². The molecule has 4 heteroatoms. The van der Waals surface area contributed by atoms with E-state index < -0.39 is 0 Å². The lowest BCUT2D eigenvalue weighted by atomic mass is 9.91. The van der Waals surface area contributed by atoms with Gasteiger partial charge in [0.25, 0.3) is 5.91 Å². The highest BCUT2D eigenvalue weighted by Gasteiger charge is 2.41. The van der Waals surface area contributed by atoms with Crippen LogP contribution in [0.25, 0.3) is 5.57 Å². The summed E-state index contributed by atoms with van der Waals surface area (Å²) in [4.78, 5) is 14.7. The van der Waals surface area contributed by atoms with Gasteiger partial charge < -0.3 is 14.4 Å². The monoisotopic (exact) mass is 387 g/mol. The molecule has 3 aromatic rings. The average molecular weight is 387 g/mol. The van der Waals surface area contributed by atoms with Gasteiger partial charge >= 0.3 is 0 Å². The molecule has 148 valence electrons. The number of nitrogens with zero attached hydrogens (tertiary/aromatic N) is 1. The van der Waals surface area contributed by atoms with E-state index in [1.165, 1.54) is 5.56 Å². The summed E-state index contributed by atoms with van der Waals surface area (Å²) in [6.07, 6.45) is 1.59. The first kappa shape index (κ1) is 19.1. The first-order valence-electron chi connectivity index (χ1n) is 9.89. The minimum Gasteiger partial charge on any atom is -0.503 e. The SMILES string of the molecule is Cc1ccc(C2=C(O)C(=O)N(Cc3ccco3)C2c2ccc(C(C)C)cc2)cc1. The Morgan fingerprint density at radius 1 is 1.03 bits per heavy atom. The lowest BCUT2D eigenvalue weighted by Crippen LogP contribution is -2.29. The summed E-state index contributed by atoms with van der Waals surface area (Å²) in [6.45, 7) is 6.62. The van der Waals surface area contributed by atoms with Crippen molar-refractivity contribution in [3.8, 4) is 0 Å². The van der Waals surface area contributed by atoms with Gasteiger partial charge in [0.2, 0.25) is 0 Å². The highest BCUT2D eigenvalue weighted by molar-refractivity contribution is 6.05. The lowest BCUT2D eigenvalue weighted by molar-refractivity contribution is -0.130. The number of carbonyl (C=O) groups is 1. The first-order chi connectivity index (χ1) is 14.0. The highest BCUT2D eigenvalue weighted by Crippen LogP contribution is 2.44. The Morgan fingerprint density at radius 3 is 2.31 bits per heavy atom. The van der Waals surface area contributed by atoms with Crippen molar-refractivity contribution in [2.75, 3.05) is 0 Å². The molecule has 0 radical (unpaired) electrons. The lowest BCUT2D eigenvalue weighted by Gasteiger charge is -2.27. The molecule has 1 aliphatic heterocycles. The molecular formula is C25H25NO3. The Bertz CT molecular complexity index is 1030. The Hall–Kier alpha value is -3.27. The van der Waals surface area contributed by atoms with E-state index in [-0.39, 0.29) is 17.7 Å². The van der Waals surface area contributed by atoms with Crippen molar-refractivity contribution < 1.29 is 14.3 Å². The largest absolute Gasteiger partial charge is 0.503 e. The number of benzene rings is 2. The third kappa shape index (κ3) is 3.58. The van der Waals surface area contributed by atoms with E-state index in [1.807, 2.05) is 37.3 Å². The predicted molar refractivity (Wildman–Crippen MR) is 113 cm³/mol. The van der Waals surface area contributed by atoms with E-state index >= 15 is 0 Å². The number of furan rings is 1. The van der Waals surface area contributed by atoms with Gasteiger partial charge in [-0.1, -0.05) is 67.9 Å². The van der Waals surface area contributed by atoms with Gasteiger partial charge in [0.05, 0.1) is 18.8 Å². The van der Waals surface area contributed by atoms with Crippen molar-refractivity contribution in [3.63, 3.8) is 0 Å². The summed E-state index contributed by atoms with van der Waals surface area (Å²) in [5.74, 6) is 0.530. The molecule has 0 spiro atoms. The molecule has 0 bridgehead atoms. The van der Waals surface area contributed by atoms with Gasteiger partial charge in [-0.3, -0.25) is 4.79 Å². The molecule has 1 aliphatic rings. The summed E-state index contributed by atoms with van der Waals surface area (Å²) in [6, 6.07) is 19.5. The molecule has 0 fully saturated rings. The number of hydrogen-bond donors (Lipinski definition) is 1. The fourth-order valence-corrected chi connectivity index (χ4v) is 3.82. The predicted octanol–water partition coefficient (Wildman–Crippen LogP) is 5.76. The van der Waals surface area contributed by atoms with Crippen LogP contribution < -0.4 is 0 Å². The van der Waals surface area contributed by atoms with E-state index in [2.05, 4.69) is 38.1 Å². The van der Waals surface area contributed by atoms with E-state index in [1.54, 1.807) is 17.2 Å². The number of amides is 1. The van der Waals surface area contributed by atoms with Gasteiger partial charge in [-0.25, -0.2) is 0 Å². The van der Waals surface area contributed by atoms with E-state index in [9.17, 15) is 9.90 Å². The standard InChI is InChI=1S/C25H25NO3/c1-16(2)18-10-12-20(13-11-18)23-22(19-8-6-17(3)7-9-19)24(27)25(28)26(23)15-21-5-4-14-29-21/h4-14,16,23,27H,15H2,1-3H3. The smallest absolute Gasteiger partial charge is 0.290 e. The van der Waals surface area contributed by atoms with Gasteiger partial charge in [0.1, 0.15) is 5.76 Å². The third-order valence-electron chi connectivity index (χ3n) is 5.49. The number of hydrogen-bond acceptors (Lipinski definition) is 3. The van der Waals surface area contributed by atoms with Crippen LogP contribution in [-0.4, -0.2) is 15.9 Å². The molecule has 1 atom stereocenters. The maximum Gasteiger partial charge on any atom is 0.290 e. The molecule has 0 saturated carbocycles. The number of carbonyl (C=O) groups excluding carboxylic acids is 1. The number of aliphatic hydroxyl groups is 1. The summed E-state index contributed by atoms with van der Waals surface area (Å²) < 4.78 is 5.48. The third-order valence-corrected chi connectivity index (χ3v) is 5.49. The molecule has 2 heterocycles. The molecular weight excluding hydrogens is 362 g/mol. The minimum atomic E-state index is -0.380. The zero-order valence-electron chi connectivity index (χ0n) is 16.9. The molecule has 0 saturated heterocycles. The number of aryl methyl sites for hydroxylation is 1. The molecule has 0 aliphatic carbocycles. The van der Waals surface area contributed by atoms with Crippen LogP contribution in [0.3, 0.4) is 0 Å². The van der Waals surface area contributed by atoms with Gasteiger partial charge in [-0.2, -0.15) is 0 Å². The van der Waals surface area contributed by atoms with Gasteiger partial charge in [0.15, 0.2) is 5.76 Å². The summed E-state index contributed by atoms with van der Waals surface area (Å²) in [5, 5.41) is 10.8. The van der Waals surface area contributed by atoms with Crippen molar-refractivity contribution >= 4 is 11.5 Å². The normalized spacial score (nSPS) is 16.9. The van der Waals surface area contributed by atoms with Crippen LogP contribution in [0.2, 0.25) is 0 Å². The molecule has 1 unspecified atom stereocenters. The Morgan fingerprint density at radius 2 is 1.72 bits per heavy atom. The molecule has 1 amide bonds. The number of aliphatic hydroxyl groups excluding tert-OH is 1. The zero-order valence-corrected chi connectivity index (χ0v) is 16.9. The van der Waals surface area contributed by atoms with Gasteiger partial charge in [-0.15, -0.1) is 0 Å². The summed E-state index contributed by atoms with van der Waals surface area (Å²) in [5.41, 5.74) is 4.82. The van der Waals surface area contributed by atoms with Crippen molar-refractivity contribution in [1.29, 1.82) is 0 Å². The minimum absolute atomic E-state index is 0.196. The van der Waals surface area contributed by atoms with Crippen molar-refractivity contribution in [2.24, 2.45) is 0 Å². The molecule has 4 rings (SSSR count). The summed E-state index contributed by atoms with van der Waals surface area (Å²) in [7, 11) is 0. The maximum atomic E-state index is 13.0. The fourth-order valence-electron chi connectivity index (χ4n) is 3.82.